The van der Waals surface area contributed by atoms with E-state index in [1.807, 2.05) is 54.6 Å². The summed E-state index contributed by atoms with van der Waals surface area (Å²) in [6, 6.07) is 31.9. The number of carbonyl (C=O) groups is 1. The number of benzene rings is 4. The van der Waals surface area contributed by atoms with Crippen LogP contribution in [-0.2, 0) is 22.6 Å². The summed E-state index contributed by atoms with van der Waals surface area (Å²) in [5.41, 5.74) is 10.3. The highest BCUT2D eigenvalue weighted by atomic mass is 35.5. The molecule has 1 atom stereocenters. The smallest absolute Gasteiger partial charge is 0.323 e. The van der Waals surface area contributed by atoms with Crippen molar-refractivity contribution >= 4 is 29.1 Å². The number of nitrogens with two attached hydrogens (primary N) is 1. The van der Waals surface area contributed by atoms with Crippen molar-refractivity contribution in [1.82, 2.24) is 0 Å². The molecular weight excluding hydrogens is 394 g/mol. The van der Waals surface area contributed by atoms with Crippen LogP contribution in [0.3, 0.4) is 0 Å². The molecule has 0 amide bonds. The molecule has 4 aromatic rings. The van der Waals surface area contributed by atoms with E-state index in [0.717, 1.165) is 16.7 Å². The molecule has 0 fully saturated rings. The molecule has 0 saturated heterocycles. The summed E-state index contributed by atoms with van der Waals surface area (Å²) in [4.78, 5) is 12.2. The number of hydrogen-bond donors (Lipinski definition) is 1. The first-order valence-electron chi connectivity index (χ1n) is 9.73. The first-order valence-corrected chi connectivity index (χ1v) is 9.73. The minimum absolute atomic E-state index is 0. The Bertz CT molecular complexity index is 1110. The minimum Gasteiger partial charge on any atom is -0.460 e. The Kier molecular flexibility index (Phi) is 7.23. The minimum atomic E-state index is -0.676. The molecule has 0 unspecified atom stereocenters. The van der Waals surface area contributed by atoms with E-state index in [4.69, 9.17) is 10.5 Å². The van der Waals surface area contributed by atoms with Gasteiger partial charge >= 0.3 is 5.97 Å². The van der Waals surface area contributed by atoms with E-state index in [-0.39, 0.29) is 25.0 Å². The maximum atomic E-state index is 12.2. The molecule has 0 spiro atoms. The summed E-state index contributed by atoms with van der Waals surface area (Å²) in [5.74, 6) is -0.382. The molecule has 152 valence electrons. The fourth-order valence-electron chi connectivity index (χ4n) is 3.38. The van der Waals surface area contributed by atoms with Gasteiger partial charge in [0.25, 0.3) is 0 Å². The predicted molar refractivity (Wildman–Crippen MR) is 125 cm³/mol. The van der Waals surface area contributed by atoms with E-state index in [9.17, 15) is 4.79 Å². The highest BCUT2D eigenvalue weighted by Gasteiger charge is 2.16. The van der Waals surface area contributed by atoms with E-state index in [1.165, 1.54) is 16.3 Å². The molecular formula is C26H24ClNO2. The number of hydrogen-bond acceptors (Lipinski definition) is 3. The topological polar surface area (TPSA) is 52.3 Å². The second-order valence-electron chi connectivity index (χ2n) is 7.16. The number of fused-ring (bicyclic) bond motifs is 1. The monoisotopic (exact) mass is 417 g/mol. The summed E-state index contributed by atoms with van der Waals surface area (Å²) in [6.07, 6.45) is 0.450. The van der Waals surface area contributed by atoms with Gasteiger partial charge in [0, 0.05) is 0 Å². The molecule has 0 aliphatic rings. The zero-order chi connectivity index (χ0) is 20.1. The zero-order valence-electron chi connectivity index (χ0n) is 16.5. The Morgan fingerprint density at radius 1 is 0.733 bits per heavy atom. The Labute approximate surface area is 182 Å². The molecule has 0 heterocycles. The van der Waals surface area contributed by atoms with Crippen LogP contribution in [0.25, 0.3) is 21.9 Å². The van der Waals surface area contributed by atoms with Gasteiger partial charge in [0.15, 0.2) is 0 Å². The number of ether oxygens (including phenoxy) is 1. The van der Waals surface area contributed by atoms with Gasteiger partial charge in [-0.2, -0.15) is 0 Å². The van der Waals surface area contributed by atoms with Crippen LogP contribution >= 0.6 is 12.4 Å². The van der Waals surface area contributed by atoms with Gasteiger partial charge in [-0.3, -0.25) is 4.79 Å². The zero-order valence-corrected chi connectivity index (χ0v) is 17.3. The van der Waals surface area contributed by atoms with Crippen molar-refractivity contribution in [3.8, 4) is 11.1 Å². The van der Waals surface area contributed by atoms with Gasteiger partial charge in [-0.05, 0) is 45.5 Å². The van der Waals surface area contributed by atoms with Crippen molar-refractivity contribution in [3.63, 3.8) is 0 Å². The fraction of sp³-hybridized carbons (Fsp3) is 0.115. The van der Waals surface area contributed by atoms with Gasteiger partial charge in [-0.1, -0.05) is 91.0 Å². The molecule has 2 N–H and O–H groups in total. The van der Waals surface area contributed by atoms with Gasteiger partial charge in [-0.15, -0.1) is 12.4 Å². The average Bonchev–Trinajstić information content (AvgIpc) is 2.78. The molecule has 0 saturated carbocycles. The first-order chi connectivity index (χ1) is 14.2. The predicted octanol–water partition coefficient (Wildman–Crippen LogP) is 5.54. The summed E-state index contributed by atoms with van der Waals surface area (Å²) in [5, 5.41) is 2.45. The lowest BCUT2D eigenvalue weighted by Gasteiger charge is -2.12. The van der Waals surface area contributed by atoms with Crippen LogP contribution in [0.2, 0.25) is 0 Å². The second-order valence-corrected chi connectivity index (χ2v) is 7.16. The van der Waals surface area contributed by atoms with Crippen LogP contribution in [0, 0.1) is 0 Å². The molecule has 3 nitrogen and oxygen atoms in total. The average molecular weight is 418 g/mol. The van der Waals surface area contributed by atoms with Crippen molar-refractivity contribution in [3.05, 3.63) is 108 Å². The van der Waals surface area contributed by atoms with Crippen molar-refractivity contribution in [2.75, 3.05) is 0 Å². The molecule has 0 radical (unpaired) electrons. The summed E-state index contributed by atoms with van der Waals surface area (Å²) in [7, 11) is 0. The lowest BCUT2D eigenvalue weighted by atomic mass is 9.99. The Morgan fingerprint density at radius 3 is 2.10 bits per heavy atom. The lowest BCUT2D eigenvalue weighted by molar-refractivity contribution is -0.146. The van der Waals surface area contributed by atoms with Gasteiger partial charge in [0.1, 0.15) is 12.6 Å². The van der Waals surface area contributed by atoms with Crippen LogP contribution in [0.1, 0.15) is 11.1 Å². The molecule has 4 aromatic carbocycles. The van der Waals surface area contributed by atoms with E-state index >= 15 is 0 Å². The maximum Gasteiger partial charge on any atom is 0.323 e. The third-order valence-corrected chi connectivity index (χ3v) is 5.02. The molecule has 0 aliphatic heterocycles. The summed E-state index contributed by atoms with van der Waals surface area (Å²) < 4.78 is 5.33. The Morgan fingerprint density at radius 2 is 1.37 bits per heavy atom. The van der Waals surface area contributed by atoms with Crippen LogP contribution in [0.15, 0.2) is 97.1 Å². The number of esters is 1. The first kappa shape index (κ1) is 21.6. The van der Waals surface area contributed by atoms with Crippen LogP contribution in [0.5, 0.6) is 0 Å². The largest absolute Gasteiger partial charge is 0.460 e. The number of carbonyl (C=O) groups excluding carboxylic acids is 1. The quantitative estimate of drug-likeness (QED) is 0.419. The van der Waals surface area contributed by atoms with Gasteiger partial charge in [-0.25, -0.2) is 0 Å². The molecule has 4 heteroatoms. The van der Waals surface area contributed by atoms with Gasteiger partial charge in [0.05, 0.1) is 0 Å². The lowest BCUT2D eigenvalue weighted by Crippen LogP contribution is -2.34. The normalized spacial score (nSPS) is 11.5. The molecule has 0 aliphatic carbocycles. The van der Waals surface area contributed by atoms with E-state index in [2.05, 4.69) is 42.5 Å². The van der Waals surface area contributed by atoms with Gasteiger partial charge in [0.2, 0.25) is 0 Å². The highest BCUT2D eigenvalue weighted by Crippen LogP contribution is 2.25. The fourth-order valence-corrected chi connectivity index (χ4v) is 3.38. The van der Waals surface area contributed by atoms with Crippen molar-refractivity contribution < 1.29 is 9.53 Å². The Hall–Kier alpha value is -3.14. The number of halogens is 1. The van der Waals surface area contributed by atoms with Crippen LogP contribution in [0.4, 0.5) is 0 Å². The molecule has 0 aromatic heterocycles. The summed E-state index contributed by atoms with van der Waals surface area (Å²) >= 11 is 0. The molecule has 4 rings (SSSR count). The van der Waals surface area contributed by atoms with Gasteiger partial charge < -0.3 is 10.5 Å². The third kappa shape index (κ3) is 5.26. The third-order valence-electron chi connectivity index (χ3n) is 5.02. The van der Waals surface area contributed by atoms with E-state index in [1.54, 1.807) is 0 Å². The number of rotatable bonds is 6. The Balaban J connectivity index is 0.00000256. The summed E-state index contributed by atoms with van der Waals surface area (Å²) in [6.45, 7) is 0.244. The second kappa shape index (κ2) is 10.1. The van der Waals surface area contributed by atoms with Crippen molar-refractivity contribution in [2.24, 2.45) is 5.73 Å². The molecule has 30 heavy (non-hydrogen) atoms. The van der Waals surface area contributed by atoms with E-state index in [0.29, 0.717) is 6.42 Å². The van der Waals surface area contributed by atoms with Crippen molar-refractivity contribution in [1.29, 1.82) is 0 Å². The SMILES string of the molecule is Cl.N[C@@H](Cc1ccc(-c2ccc3ccccc3c2)cc1)C(=O)OCc1ccccc1. The van der Waals surface area contributed by atoms with Crippen LogP contribution in [-0.4, -0.2) is 12.0 Å². The van der Waals surface area contributed by atoms with E-state index < -0.39 is 6.04 Å². The standard InChI is InChI=1S/C26H23NO2.ClH/c27-25(26(28)29-18-20-6-2-1-3-7-20)16-19-10-12-22(13-11-19)24-15-14-21-8-4-5-9-23(21)17-24;/h1-15,17,25H,16,18,27H2;1H/t25-;/m0./s1. The van der Waals surface area contributed by atoms with Crippen molar-refractivity contribution in [2.45, 2.75) is 19.1 Å². The maximum absolute atomic E-state index is 12.2. The van der Waals surface area contributed by atoms with Crippen LogP contribution < -0.4 is 5.73 Å². The highest BCUT2D eigenvalue weighted by molar-refractivity contribution is 5.87. The molecule has 0 bridgehead atoms.